The summed E-state index contributed by atoms with van der Waals surface area (Å²) >= 11 is 0. The molecule has 0 bridgehead atoms. The zero-order valence-electron chi connectivity index (χ0n) is 11.3. The van der Waals surface area contributed by atoms with Crippen molar-refractivity contribution in [3.8, 4) is 0 Å². The average molecular weight is 257 g/mol. The van der Waals surface area contributed by atoms with Gasteiger partial charge < -0.3 is 10.1 Å². The maximum atomic E-state index is 11.6. The number of amides is 2. The Bertz CT molecular complexity index is 308. The van der Waals surface area contributed by atoms with Crippen LogP contribution in [0, 0.1) is 5.92 Å². The summed E-state index contributed by atoms with van der Waals surface area (Å²) in [6.45, 7) is 5.32. The van der Waals surface area contributed by atoms with Crippen LogP contribution in [0.5, 0.6) is 0 Å². The zero-order chi connectivity index (χ0) is 13.8. The summed E-state index contributed by atoms with van der Waals surface area (Å²) in [5.74, 6) is 5.23. The first-order valence-corrected chi connectivity index (χ1v) is 6.32. The highest BCUT2D eigenvalue weighted by molar-refractivity contribution is 5.85. The standard InChI is InChI=1S/C12H23N3O3/c1-12(2,3)18-11(17)14-9(10(16)15-13)7-8-5-4-6-8/h8-9H,4-7,13H2,1-3H3,(H,14,17)(H,15,16). The number of carbonyl (C=O) groups is 2. The summed E-state index contributed by atoms with van der Waals surface area (Å²) in [7, 11) is 0. The molecule has 0 aromatic rings. The van der Waals surface area contributed by atoms with Gasteiger partial charge in [-0.25, -0.2) is 10.6 Å². The molecule has 1 aliphatic rings. The van der Waals surface area contributed by atoms with Crippen molar-refractivity contribution in [3.63, 3.8) is 0 Å². The molecule has 0 spiro atoms. The van der Waals surface area contributed by atoms with Gasteiger partial charge in [-0.1, -0.05) is 19.3 Å². The van der Waals surface area contributed by atoms with Crippen LogP contribution in [0.3, 0.4) is 0 Å². The van der Waals surface area contributed by atoms with Crippen LogP contribution in [0.15, 0.2) is 0 Å². The van der Waals surface area contributed by atoms with Gasteiger partial charge >= 0.3 is 6.09 Å². The van der Waals surface area contributed by atoms with Crippen LogP contribution in [-0.4, -0.2) is 23.6 Å². The molecule has 0 aromatic carbocycles. The zero-order valence-corrected chi connectivity index (χ0v) is 11.3. The number of ether oxygens (including phenoxy) is 1. The van der Waals surface area contributed by atoms with Gasteiger partial charge in [-0.05, 0) is 33.1 Å². The van der Waals surface area contributed by atoms with E-state index in [-0.39, 0.29) is 5.91 Å². The Morgan fingerprint density at radius 2 is 2.00 bits per heavy atom. The number of hydrazine groups is 1. The Labute approximate surface area is 108 Å². The predicted molar refractivity (Wildman–Crippen MR) is 67.4 cm³/mol. The van der Waals surface area contributed by atoms with Crippen molar-refractivity contribution in [1.82, 2.24) is 10.7 Å². The van der Waals surface area contributed by atoms with Crippen molar-refractivity contribution >= 4 is 12.0 Å². The molecule has 1 atom stereocenters. The summed E-state index contributed by atoms with van der Waals surface area (Å²) in [4.78, 5) is 23.2. The Balaban J connectivity index is 2.49. The molecule has 1 unspecified atom stereocenters. The van der Waals surface area contributed by atoms with E-state index in [4.69, 9.17) is 10.6 Å². The van der Waals surface area contributed by atoms with Crippen LogP contribution in [-0.2, 0) is 9.53 Å². The average Bonchev–Trinajstić information content (AvgIpc) is 2.17. The number of rotatable bonds is 4. The number of carbonyl (C=O) groups excluding carboxylic acids is 2. The molecule has 6 nitrogen and oxygen atoms in total. The monoisotopic (exact) mass is 257 g/mol. The smallest absolute Gasteiger partial charge is 0.408 e. The minimum absolute atomic E-state index is 0.382. The first-order valence-electron chi connectivity index (χ1n) is 6.32. The van der Waals surface area contributed by atoms with Crippen LogP contribution in [0.2, 0.25) is 0 Å². The third kappa shape index (κ3) is 4.91. The third-order valence-electron chi connectivity index (χ3n) is 2.94. The summed E-state index contributed by atoms with van der Waals surface area (Å²) in [5.41, 5.74) is 1.50. The molecule has 0 aliphatic heterocycles. The largest absolute Gasteiger partial charge is 0.444 e. The lowest BCUT2D eigenvalue weighted by Gasteiger charge is -2.29. The maximum Gasteiger partial charge on any atom is 0.408 e. The molecule has 0 heterocycles. The van der Waals surface area contributed by atoms with Crippen LogP contribution in [0.25, 0.3) is 0 Å². The van der Waals surface area contributed by atoms with Gasteiger partial charge in [0.2, 0.25) is 0 Å². The second-order valence-corrected chi connectivity index (χ2v) is 5.74. The molecular weight excluding hydrogens is 234 g/mol. The Kier molecular flexibility index (Phi) is 4.95. The van der Waals surface area contributed by atoms with Crippen molar-refractivity contribution in [3.05, 3.63) is 0 Å². The van der Waals surface area contributed by atoms with Crippen LogP contribution >= 0.6 is 0 Å². The van der Waals surface area contributed by atoms with E-state index >= 15 is 0 Å². The van der Waals surface area contributed by atoms with Crippen LogP contribution in [0.4, 0.5) is 4.79 Å². The van der Waals surface area contributed by atoms with E-state index in [2.05, 4.69) is 10.7 Å². The quantitative estimate of drug-likeness (QED) is 0.399. The summed E-state index contributed by atoms with van der Waals surface area (Å²) in [5, 5.41) is 2.57. The number of hydrogen-bond acceptors (Lipinski definition) is 4. The van der Waals surface area contributed by atoms with Crippen LogP contribution < -0.4 is 16.6 Å². The number of nitrogens with two attached hydrogens (primary N) is 1. The molecule has 0 radical (unpaired) electrons. The highest BCUT2D eigenvalue weighted by Gasteiger charge is 2.29. The lowest BCUT2D eigenvalue weighted by molar-refractivity contribution is -0.123. The van der Waals surface area contributed by atoms with Gasteiger partial charge in [0.1, 0.15) is 11.6 Å². The molecular formula is C12H23N3O3. The molecule has 1 fully saturated rings. The highest BCUT2D eigenvalue weighted by atomic mass is 16.6. The summed E-state index contributed by atoms with van der Waals surface area (Å²) in [6.07, 6.45) is 3.42. The topological polar surface area (TPSA) is 93.4 Å². The van der Waals surface area contributed by atoms with E-state index in [9.17, 15) is 9.59 Å². The van der Waals surface area contributed by atoms with Gasteiger partial charge in [0.15, 0.2) is 0 Å². The van der Waals surface area contributed by atoms with Gasteiger partial charge in [-0.15, -0.1) is 0 Å². The van der Waals surface area contributed by atoms with E-state index in [1.807, 2.05) is 0 Å². The molecule has 4 N–H and O–H groups in total. The maximum absolute atomic E-state index is 11.6. The molecule has 1 rings (SSSR count). The molecule has 1 saturated carbocycles. The second-order valence-electron chi connectivity index (χ2n) is 5.74. The predicted octanol–water partition coefficient (Wildman–Crippen LogP) is 1.06. The normalized spacial score (nSPS) is 17.6. The fourth-order valence-electron chi connectivity index (χ4n) is 1.84. The van der Waals surface area contributed by atoms with Crippen molar-refractivity contribution < 1.29 is 14.3 Å². The van der Waals surface area contributed by atoms with E-state index < -0.39 is 17.7 Å². The van der Waals surface area contributed by atoms with Gasteiger partial charge in [0.25, 0.3) is 5.91 Å². The van der Waals surface area contributed by atoms with Gasteiger partial charge in [0.05, 0.1) is 0 Å². The third-order valence-corrected chi connectivity index (χ3v) is 2.94. The van der Waals surface area contributed by atoms with Crippen molar-refractivity contribution in [2.45, 2.75) is 58.1 Å². The van der Waals surface area contributed by atoms with Crippen molar-refractivity contribution in [2.24, 2.45) is 11.8 Å². The first kappa shape index (κ1) is 14.8. The molecule has 2 amide bonds. The fraction of sp³-hybridized carbons (Fsp3) is 0.833. The van der Waals surface area contributed by atoms with Crippen LogP contribution in [0.1, 0.15) is 46.5 Å². The van der Waals surface area contributed by atoms with Crippen molar-refractivity contribution in [2.75, 3.05) is 0 Å². The van der Waals surface area contributed by atoms with Gasteiger partial charge in [-0.3, -0.25) is 10.2 Å². The Morgan fingerprint density at radius 1 is 1.39 bits per heavy atom. The van der Waals surface area contributed by atoms with Crippen molar-refractivity contribution in [1.29, 1.82) is 0 Å². The number of hydrogen-bond donors (Lipinski definition) is 3. The first-order chi connectivity index (χ1) is 8.31. The van der Waals surface area contributed by atoms with E-state index in [1.165, 1.54) is 6.42 Å². The van der Waals surface area contributed by atoms with E-state index in [1.54, 1.807) is 20.8 Å². The second kappa shape index (κ2) is 6.04. The molecule has 6 heteroatoms. The van der Waals surface area contributed by atoms with Gasteiger partial charge in [0, 0.05) is 0 Å². The summed E-state index contributed by atoms with van der Waals surface area (Å²) in [6, 6.07) is -0.616. The summed E-state index contributed by atoms with van der Waals surface area (Å²) < 4.78 is 5.13. The fourth-order valence-corrected chi connectivity index (χ4v) is 1.84. The van der Waals surface area contributed by atoms with E-state index in [0.717, 1.165) is 12.8 Å². The minimum Gasteiger partial charge on any atom is -0.444 e. The molecule has 0 aromatic heterocycles. The lowest BCUT2D eigenvalue weighted by atomic mass is 9.81. The highest BCUT2D eigenvalue weighted by Crippen LogP contribution is 2.30. The van der Waals surface area contributed by atoms with E-state index in [0.29, 0.717) is 12.3 Å². The SMILES string of the molecule is CC(C)(C)OC(=O)NC(CC1CCC1)C(=O)NN. The minimum atomic E-state index is -0.616. The Morgan fingerprint density at radius 3 is 2.39 bits per heavy atom. The molecule has 104 valence electrons. The Hall–Kier alpha value is -1.30. The molecule has 1 aliphatic carbocycles. The number of alkyl carbamates (subject to hydrolysis) is 1. The van der Waals surface area contributed by atoms with Gasteiger partial charge in [-0.2, -0.15) is 0 Å². The molecule has 18 heavy (non-hydrogen) atoms. The number of nitrogens with one attached hydrogen (secondary N) is 2. The molecule has 0 saturated heterocycles. The lowest BCUT2D eigenvalue weighted by Crippen LogP contribution is -2.51.